The summed E-state index contributed by atoms with van der Waals surface area (Å²) in [7, 11) is 0. The summed E-state index contributed by atoms with van der Waals surface area (Å²) in [5.74, 6) is 1.71. The molecule has 1 aromatic rings. The third-order valence-electron chi connectivity index (χ3n) is 3.59. The van der Waals surface area contributed by atoms with Gasteiger partial charge >= 0.3 is 0 Å². The molecule has 0 aliphatic carbocycles. The minimum absolute atomic E-state index is 0. The van der Waals surface area contributed by atoms with Gasteiger partial charge in [0.1, 0.15) is 5.82 Å². The molecule has 0 bridgehead atoms. The number of nitrogens with one attached hydrogen (secondary N) is 1. The molecule has 120 valence electrons. The topological polar surface area (TPSA) is 71.2 Å². The highest BCUT2D eigenvalue weighted by Gasteiger charge is 2.16. The van der Waals surface area contributed by atoms with Gasteiger partial charge in [0.05, 0.1) is 6.54 Å². The van der Waals surface area contributed by atoms with E-state index >= 15 is 0 Å². The minimum atomic E-state index is -0.144. The highest BCUT2D eigenvalue weighted by molar-refractivity contribution is 5.85. The quantitative estimate of drug-likeness (QED) is 0.879. The van der Waals surface area contributed by atoms with E-state index in [0.717, 1.165) is 30.4 Å². The Morgan fingerprint density at radius 2 is 2.05 bits per heavy atom. The number of pyridine rings is 1. The minimum Gasteiger partial charge on any atom is -0.357 e. The molecular weight excluding hydrogens is 311 g/mol. The highest BCUT2D eigenvalue weighted by atomic mass is 35.5. The number of amides is 1. The molecule has 1 aliphatic heterocycles. The van der Waals surface area contributed by atoms with Crippen LogP contribution in [-0.2, 0) is 11.3 Å². The third-order valence-corrected chi connectivity index (χ3v) is 3.59. The van der Waals surface area contributed by atoms with Crippen molar-refractivity contribution < 1.29 is 4.79 Å². The smallest absolute Gasteiger partial charge is 0.234 e. The number of rotatable bonds is 4. The fourth-order valence-corrected chi connectivity index (χ4v) is 2.22. The molecule has 1 amide bonds. The van der Waals surface area contributed by atoms with Gasteiger partial charge in [-0.05, 0) is 30.4 Å². The molecule has 0 spiro atoms. The molecule has 0 radical (unpaired) electrons. The fraction of sp³-hybridized carbons (Fsp3) is 0.571. The number of nitrogens with zero attached hydrogens (tertiary/aromatic N) is 2. The second kappa shape index (κ2) is 9.82. The molecule has 1 saturated heterocycles. The van der Waals surface area contributed by atoms with Crippen molar-refractivity contribution in [3.63, 3.8) is 0 Å². The summed E-state index contributed by atoms with van der Waals surface area (Å²) in [4.78, 5) is 17.9. The molecule has 5 nitrogen and oxygen atoms in total. The van der Waals surface area contributed by atoms with Gasteiger partial charge in [-0.3, -0.25) is 4.79 Å². The van der Waals surface area contributed by atoms with Gasteiger partial charge in [0.2, 0.25) is 5.91 Å². The van der Waals surface area contributed by atoms with Crippen LogP contribution >= 0.6 is 24.8 Å². The van der Waals surface area contributed by atoms with E-state index in [-0.39, 0.29) is 37.3 Å². The summed E-state index contributed by atoms with van der Waals surface area (Å²) in [6, 6.07) is 4.04. The maximum atomic E-state index is 11.1. The van der Waals surface area contributed by atoms with E-state index in [2.05, 4.69) is 22.1 Å². The number of carbonyl (C=O) groups excluding carboxylic acids is 1. The fourth-order valence-electron chi connectivity index (χ4n) is 2.22. The summed E-state index contributed by atoms with van der Waals surface area (Å²) in [6.45, 7) is 4.97. The van der Waals surface area contributed by atoms with Crippen LogP contribution in [0.1, 0.15) is 25.3 Å². The number of piperidine rings is 1. The molecular formula is C14H24Cl2N4O. The number of nitrogens with two attached hydrogens (primary N) is 1. The third kappa shape index (κ3) is 6.08. The predicted molar refractivity (Wildman–Crippen MR) is 90.2 cm³/mol. The number of halogens is 2. The van der Waals surface area contributed by atoms with Gasteiger partial charge in [-0.1, -0.05) is 13.0 Å². The van der Waals surface area contributed by atoms with E-state index in [4.69, 9.17) is 5.73 Å². The van der Waals surface area contributed by atoms with Crippen LogP contribution in [0.5, 0.6) is 0 Å². The molecule has 2 heterocycles. The van der Waals surface area contributed by atoms with E-state index in [1.54, 1.807) is 0 Å². The van der Waals surface area contributed by atoms with Gasteiger partial charge in [-0.2, -0.15) is 0 Å². The normalized spacial score (nSPS) is 14.9. The number of anilines is 1. The second-order valence-corrected chi connectivity index (χ2v) is 5.18. The number of hydrogen-bond acceptors (Lipinski definition) is 4. The van der Waals surface area contributed by atoms with Crippen LogP contribution in [0.4, 0.5) is 5.82 Å². The van der Waals surface area contributed by atoms with Crippen molar-refractivity contribution in [2.45, 2.75) is 26.3 Å². The van der Waals surface area contributed by atoms with Crippen molar-refractivity contribution in [1.82, 2.24) is 10.3 Å². The van der Waals surface area contributed by atoms with Gasteiger partial charge in [-0.15, -0.1) is 24.8 Å². The first-order valence-electron chi connectivity index (χ1n) is 6.85. The molecule has 0 saturated carbocycles. The molecule has 1 aliphatic rings. The first kappa shape index (κ1) is 20.0. The maximum absolute atomic E-state index is 11.1. The average molecular weight is 335 g/mol. The molecule has 21 heavy (non-hydrogen) atoms. The summed E-state index contributed by atoms with van der Waals surface area (Å²) in [6.07, 6.45) is 4.29. The molecule has 0 aromatic carbocycles. The van der Waals surface area contributed by atoms with Crippen molar-refractivity contribution in [2.75, 3.05) is 24.5 Å². The van der Waals surface area contributed by atoms with E-state index < -0.39 is 0 Å². The SMILES string of the molecule is CC1CCN(c2ccc(CNC(=O)CN)cn2)CC1.Cl.Cl. The van der Waals surface area contributed by atoms with Crippen LogP contribution in [0.25, 0.3) is 0 Å². The van der Waals surface area contributed by atoms with E-state index in [1.165, 1.54) is 12.8 Å². The molecule has 1 fully saturated rings. The lowest BCUT2D eigenvalue weighted by Crippen LogP contribution is -2.33. The summed E-state index contributed by atoms with van der Waals surface area (Å²) >= 11 is 0. The number of carbonyl (C=O) groups is 1. The Balaban J connectivity index is 0.00000200. The Kier molecular flexibility index (Phi) is 9.33. The zero-order chi connectivity index (χ0) is 13.7. The largest absolute Gasteiger partial charge is 0.357 e. The van der Waals surface area contributed by atoms with E-state index in [9.17, 15) is 4.79 Å². The van der Waals surface area contributed by atoms with Crippen molar-refractivity contribution in [1.29, 1.82) is 0 Å². The summed E-state index contributed by atoms with van der Waals surface area (Å²) in [5.41, 5.74) is 6.23. The van der Waals surface area contributed by atoms with Gasteiger partial charge in [0.25, 0.3) is 0 Å². The summed E-state index contributed by atoms with van der Waals surface area (Å²) < 4.78 is 0. The van der Waals surface area contributed by atoms with Gasteiger partial charge in [-0.25, -0.2) is 4.98 Å². The molecule has 2 rings (SSSR count). The van der Waals surface area contributed by atoms with E-state index in [0.29, 0.717) is 6.54 Å². The molecule has 7 heteroatoms. The lowest BCUT2D eigenvalue weighted by molar-refractivity contribution is -0.119. The monoisotopic (exact) mass is 334 g/mol. The predicted octanol–water partition coefficient (Wildman–Crippen LogP) is 1.74. The van der Waals surface area contributed by atoms with Crippen molar-refractivity contribution in [2.24, 2.45) is 11.7 Å². The number of hydrogen-bond donors (Lipinski definition) is 2. The van der Waals surface area contributed by atoms with Gasteiger partial charge in [0, 0.05) is 25.8 Å². The maximum Gasteiger partial charge on any atom is 0.234 e. The van der Waals surface area contributed by atoms with Crippen LogP contribution in [0, 0.1) is 5.92 Å². The highest BCUT2D eigenvalue weighted by Crippen LogP contribution is 2.21. The molecule has 1 aromatic heterocycles. The zero-order valence-electron chi connectivity index (χ0n) is 12.2. The Bertz CT molecular complexity index is 419. The Labute approximate surface area is 138 Å². The van der Waals surface area contributed by atoms with Crippen LogP contribution in [0.2, 0.25) is 0 Å². The Hall–Kier alpha value is -1.04. The molecule has 3 N–H and O–H groups in total. The zero-order valence-corrected chi connectivity index (χ0v) is 13.9. The lowest BCUT2D eigenvalue weighted by atomic mass is 9.99. The first-order chi connectivity index (χ1) is 9.19. The van der Waals surface area contributed by atoms with E-state index in [1.807, 2.05) is 18.3 Å². The van der Waals surface area contributed by atoms with Crippen LogP contribution in [-0.4, -0.2) is 30.5 Å². The average Bonchev–Trinajstić information content (AvgIpc) is 2.46. The van der Waals surface area contributed by atoms with Gasteiger partial charge in [0.15, 0.2) is 0 Å². The molecule has 0 atom stereocenters. The van der Waals surface area contributed by atoms with Crippen LogP contribution < -0.4 is 16.0 Å². The van der Waals surface area contributed by atoms with Crippen molar-refractivity contribution >= 4 is 36.5 Å². The molecule has 0 unspecified atom stereocenters. The second-order valence-electron chi connectivity index (χ2n) is 5.18. The Morgan fingerprint density at radius 1 is 1.38 bits per heavy atom. The first-order valence-corrected chi connectivity index (χ1v) is 6.85. The van der Waals surface area contributed by atoms with Crippen LogP contribution in [0.3, 0.4) is 0 Å². The number of aromatic nitrogens is 1. The Morgan fingerprint density at radius 3 is 2.57 bits per heavy atom. The van der Waals surface area contributed by atoms with Gasteiger partial charge < -0.3 is 16.0 Å². The standard InChI is InChI=1S/C14H22N4O.2ClH/c1-11-4-6-18(7-5-11)13-3-2-12(9-16-13)10-17-14(19)8-15;;/h2-3,9,11H,4-8,10,15H2,1H3,(H,17,19);2*1H. The summed E-state index contributed by atoms with van der Waals surface area (Å²) in [5, 5.41) is 2.74. The van der Waals surface area contributed by atoms with Crippen molar-refractivity contribution in [3.8, 4) is 0 Å². The van der Waals surface area contributed by atoms with Crippen molar-refractivity contribution in [3.05, 3.63) is 23.9 Å². The lowest BCUT2D eigenvalue weighted by Gasteiger charge is -2.31. The van der Waals surface area contributed by atoms with Crippen LogP contribution in [0.15, 0.2) is 18.3 Å².